The molecule has 3 aromatic rings. The second-order valence-electron chi connectivity index (χ2n) is 5.73. The third kappa shape index (κ3) is 3.91. The molecule has 0 spiro atoms. The number of carbonyl (C=O) groups is 1. The largest absolute Gasteiger partial charge is 0.493 e. The average molecular weight is 335 g/mol. The highest BCUT2D eigenvalue weighted by atomic mass is 16.5. The third-order valence-corrected chi connectivity index (χ3v) is 3.89. The maximum absolute atomic E-state index is 12.5. The highest BCUT2D eigenvalue weighted by Gasteiger charge is 2.11. The van der Waals surface area contributed by atoms with Crippen LogP contribution < -0.4 is 14.8 Å². The molecule has 0 radical (unpaired) electrons. The van der Waals surface area contributed by atoms with Gasteiger partial charge in [0.15, 0.2) is 11.5 Å². The minimum absolute atomic E-state index is 0.185. The van der Waals surface area contributed by atoms with E-state index in [4.69, 9.17) is 9.47 Å². The molecule has 0 bridgehead atoms. The summed E-state index contributed by atoms with van der Waals surface area (Å²) in [5, 5.41) is 5.15. The fourth-order valence-electron chi connectivity index (χ4n) is 2.61. The van der Waals surface area contributed by atoms with E-state index in [1.165, 1.54) is 0 Å². The predicted molar refractivity (Wildman–Crippen MR) is 101 cm³/mol. The number of carbonyl (C=O) groups excluding carboxylic acids is 1. The zero-order valence-electron chi connectivity index (χ0n) is 14.4. The van der Waals surface area contributed by atoms with Crippen LogP contribution in [0, 0.1) is 0 Å². The fourth-order valence-corrected chi connectivity index (χ4v) is 2.61. The van der Waals surface area contributed by atoms with Gasteiger partial charge in [-0.3, -0.25) is 4.79 Å². The Hall–Kier alpha value is -3.01. The lowest BCUT2D eigenvalue weighted by molar-refractivity contribution is 0.102. The SMILES string of the molecule is CCCOc1ccc(C(=O)Nc2ccc3ccccc3c2)cc1OC. The van der Waals surface area contributed by atoms with Crippen LogP contribution in [0.25, 0.3) is 10.8 Å². The van der Waals surface area contributed by atoms with Gasteiger partial charge in [0.2, 0.25) is 0 Å². The molecule has 0 aromatic heterocycles. The maximum atomic E-state index is 12.5. The Balaban J connectivity index is 1.79. The molecule has 25 heavy (non-hydrogen) atoms. The van der Waals surface area contributed by atoms with E-state index in [1.54, 1.807) is 25.3 Å². The molecular formula is C21H21NO3. The van der Waals surface area contributed by atoms with Crippen molar-refractivity contribution in [3.05, 3.63) is 66.2 Å². The summed E-state index contributed by atoms with van der Waals surface area (Å²) in [4.78, 5) is 12.5. The molecule has 0 aliphatic heterocycles. The van der Waals surface area contributed by atoms with Crippen molar-refractivity contribution in [3.63, 3.8) is 0 Å². The van der Waals surface area contributed by atoms with Crippen LogP contribution in [0.3, 0.4) is 0 Å². The van der Waals surface area contributed by atoms with Gasteiger partial charge in [0.25, 0.3) is 5.91 Å². The number of ether oxygens (including phenoxy) is 2. The molecule has 0 saturated heterocycles. The van der Waals surface area contributed by atoms with Gasteiger partial charge >= 0.3 is 0 Å². The van der Waals surface area contributed by atoms with Crippen molar-refractivity contribution in [1.82, 2.24) is 0 Å². The number of rotatable bonds is 6. The summed E-state index contributed by atoms with van der Waals surface area (Å²) in [6.07, 6.45) is 0.910. The van der Waals surface area contributed by atoms with Crippen LogP contribution in [0.4, 0.5) is 5.69 Å². The number of hydrogen-bond donors (Lipinski definition) is 1. The Morgan fingerprint density at radius 3 is 2.52 bits per heavy atom. The van der Waals surface area contributed by atoms with Gasteiger partial charge in [-0.1, -0.05) is 37.3 Å². The van der Waals surface area contributed by atoms with E-state index in [0.717, 1.165) is 22.9 Å². The van der Waals surface area contributed by atoms with E-state index in [0.29, 0.717) is 23.7 Å². The van der Waals surface area contributed by atoms with Gasteiger partial charge in [0, 0.05) is 11.3 Å². The Morgan fingerprint density at radius 1 is 0.960 bits per heavy atom. The summed E-state index contributed by atoms with van der Waals surface area (Å²) >= 11 is 0. The van der Waals surface area contributed by atoms with Crippen LogP contribution in [0.5, 0.6) is 11.5 Å². The summed E-state index contributed by atoms with van der Waals surface area (Å²) in [7, 11) is 1.57. The Bertz CT molecular complexity index is 889. The van der Waals surface area contributed by atoms with Crippen molar-refractivity contribution in [3.8, 4) is 11.5 Å². The Labute approximate surface area is 147 Å². The van der Waals surface area contributed by atoms with E-state index in [-0.39, 0.29) is 5.91 Å². The molecule has 3 aromatic carbocycles. The van der Waals surface area contributed by atoms with E-state index >= 15 is 0 Å². The minimum Gasteiger partial charge on any atom is -0.493 e. The number of hydrogen-bond acceptors (Lipinski definition) is 3. The number of amides is 1. The van der Waals surface area contributed by atoms with Crippen molar-refractivity contribution in [2.24, 2.45) is 0 Å². The molecule has 128 valence electrons. The van der Waals surface area contributed by atoms with Crippen LogP contribution in [0.1, 0.15) is 23.7 Å². The highest BCUT2D eigenvalue weighted by Crippen LogP contribution is 2.28. The van der Waals surface area contributed by atoms with E-state index in [9.17, 15) is 4.79 Å². The lowest BCUT2D eigenvalue weighted by Crippen LogP contribution is -2.12. The molecule has 0 aliphatic rings. The lowest BCUT2D eigenvalue weighted by Gasteiger charge is -2.12. The molecular weight excluding hydrogens is 314 g/mol. The Morgan fingerprint density at radius 2 is 1.76 bits per heavy atom. The standard InChI is InChI=1S/C21H21NO3/c1-3-12-25-19-11-9-17(14-20(19)24-2)21(23)22-18-10-8-15-6-4-5-7-16(15)13-18/h4-11,13-14H,3,12H2,1-2H3,(H,22,23). The first kappa shape index (κ1) is 16.8. The van der Waals surface area contributed by atoms with Crippen molar-refractivity contribution in [1.29, 1.82) is 0 Å². The van der Waals surface area contributed by atoms with Crippen molar-refractivity contribution in [2.75, 3.05) is 19.0 Å². The van der Waals surface area contributed by atoms with Gasteiger partial charge in [-0.2, -0.15) is 0 Å². The first-order chi connectivity index (χ1) is 12.2. The minimum atomic E-state index is -0.185. The van der Waals surface area contributed by atoms with Gasteiger partial charge in [0.05, 0.1) is 13.7 Å². The first-order valence-electron chi connectivity index (χ1n) is 8.32. The number of benzene rings is 3. The Kier molecular flexibility index (Phi) is 5.19. The van der Waals surface area contributed by atoms with Crippen molar-refractivity contribution >= 4 is 22.4 Å². The topological polar surface area (TPSA) is 47.6 Å². The first-order valence-corrected chi connectivity index (χ1v) is 8.32. The second kappa shape index (κ2) is 7.71. The zero-order valence-corrected chi connectivity index (χ0v) is 14.4. The summed E-state index contributed by atoms with van der Waals surface area (Å²) in [5.41, 5.74) is 1.28. The monoisotopic (exact) mass is 335 g/mol. The van der Waals surface area contributed by atoms with E-state index < -0.39 is 0 Å². The van der Waals surface area contributed by atoms with E-state index in [1.807, 2.05) is 49.4 Å². The molecule has 4 nitrogen and oxygen atoms in total. The number of fused-ring (bicyclic) bond motifs is 1. The molecule has 3 rings (SSSR count). The van der Waals surface area contributed by atoms with Crippen LogP contribution >= 0.6 is 0 Å². The summed E-state index contributed by atoms with van der Waals surface area (Å²) < 4.78 is 11.0. The normalized spacial score (nSPS) is 10.5. The highest BCUT2D eigenvalue weighted by molar-refractivity contribution is 6.05. The molecule has 0 atom stereocenters. The lowest BCUT2D eigenvalue weighted by atomic mass is 10.1. The smallest absolute Gasteiger partial charge is 0.255 e. The molecule has 0 heterocycles. The molecule has 0 fully saturated rings. The molecule has 0 aliphatic carbocycles. The molecule has 0 unspecified atom stereocenters. The van der Waals surface area contributed by atoms with Gasteiger partial charge in [0.1, 0.15) is 0 Å². The maximum Gasteiger partial charge on any atom is 0.255 e. The average Bonchev–Trinajstić information content (AvgIpc) is 2.66. The van der Waals surface area contributed by atoms with Crippen LogP contribution in [-0.4, -0.2) is 19.6 Å². The summed E-state index contributed by atoms with van der Waals surface area (Å²) in [5.74, 6) is 1.02. The molecule has 4 heteroatoms. The zero-order chi connectivity index (χ0) is 17.6. The fraction of sp³-hybridized carbons (Fsp3) is 0.190. The molecule has 1 amide bonds. The van der Waals surface area contributed by atoms with Crippen LogP contribution in [-0.2, 0) is 0 Å². The summed E-state index contributed by atoms with van der Waals surface area (Å²) in [6, 6.07) is 19.1. The second-order valence-corrected chi connectivity index (χ2v) is 5.73. The van der Waals surface area contributed by atoms with Gasteiger partial charge < -0.3 is 14.8 Å². The summed E-state index contributed by atoms with van der Waals surface area (Å²) in [6.45, 7) is 2.65. The van der Waals surface area contributed by atoms with E-state index in [2.05, 4.69) is 5.32 Å². The van der Waals surface area contributed by atoms with Crippen LogP contribution in [0.2, 0.25) is 0 Å². The number of methoxy groups -OCH3 is 1. The molecule has 1 N–H and O–H groups in total. The quantitative estimate of drug-likeness (QED) is 0.698. The number of nitrogens with one attached hydrogen (secondary N) is 1. The van der Waals surface area contributed by atoms with Gasteiger partial charge in [-0.25, -0.2) is 0 Å². The molecule has 0 saturated carbocycles. The van der Waals surface area contributed by atoms with Crippen molar-refractivity contribution < 1.29 is 14.3 Å². The third-order valence-electron chi connectivity index (χ3n) is 3.89. The van der Waals surface area contributed by atoms with Gasteiger partial charge in [-0.15, -0.1) is 0 Å². The predicted octanol–water partition coefficient (Wildman–Crippen LogP) is 4.89. The van der Waals surface area contributed by atoms with Crippen molar-refractivity contribution in [2.45, 2.75) is 13.3 Å². The van der Waals surface area contributed by atoms with Crippen LogP contribution in [0.15, 0.2) is 60.7 Å². The van der Waals surface area contributed by atoms with Gasteiger partial charge in [-0.05, 0) is 47.5 Å². The number of anilines is 1.